The van der Waals surface area contributed by atoms with Crippen molar-refractivity contribution in [3.63, 3.8) is 0 Å². The highest BCUT2D eigenvalue weighted by Crippen LogP contribution is 2.57. The number of rotatable bonds is 3. The lowest BCUT2D eigenvalue weighted by Gasteiger charge is -2.23. The molecule has 0 N–H and O–H groups in total. The van der Waals surface area contributed by atoms with Gasteiger partial charge in [-0.1, -0.05) is 0 Å². The van der Waals surface area contributed by atoms with Gasteiger partial charge in [0.1, 0.15) is 16.9 Å². The zero-order valence-corrected chi connectivity index (χ0v) is 11.9. The minimum absolute atomic E-state index is 0.0848. The van der Waals surface area contributed by atoms with Gasteiger partial charge in [0.25, 0.3) is 0 Å². The maximum absolute atomic E-state index is 13.4. The Morgan fingerprint density at radius 3 is 2.50 bits per heavy atom. The van der Waals surface area contributed by atoms with E-state index in [0.29, 0.717) is 29.1 Å². The Bertz CT molecular complexity index is 666. The molecule has 0 spiro atoms. The zero-order valence-electron chi connectivity index (χ0n) is 11.1. The second-order valence-corrected chi connectivity index (χ2v) is 5.59. The first-order valence-electron chi connectivity index (χ1n) is 6.36. The molecule has 0 unspecified atom stereocenters. The van der Waals surface area contributed by atoms with Crippen molar-refractivity contribution in [1.82, 2.24) is 19.3 Å². The molecule has 0 amide bonds. The van der Waals surface area contributed by atoms with Gasteiger partial charge in [-0.2, -0.15) is 18.3 Å². The summed E-state index contributed by atoms with van der Waals surface area (Å²) in [6.07, 6.45) is -3.81. The topological polar surface area (TPSA) is 35.6 Å². The highest BCUT2D eigenvalue weighted by atomic mass is 35.5. The van der Waals surface area contributed by atoms with E-state index in [9.17, 15) is 13.2 Å². The van der Waals surface area contributed by atoms with Gasteiger partial charge in [0.2, 0.25) is 0 Å². The molecule has 0 aromatic carbocycles. The lowest BCUT2D eigenvalue weighted by molar-refractivity contribution is -0.179. The number of alkyl halides is 4. The third kappa shape index (κ3) is 1.68. The van der Waals surface area contributed by atoms with Gasteiger partial charge >= 0.3 is 6.18 Å². The van der Waals surface area contributed by atoms with Crippen LogP contribution in [0.3, 0.4) is 0 Å². The lowest BCUT2D eigenvalue weighted by atomic mass is 10.2. The van der Waals surface area contributed by atoms with Gasteiger partial charge in [0, 0.05) is 19.3 Å². The van der Waals surface area contributed by atoms with Crippen molar-refractivity contribution in [3.8, 4) is 0 Å². The molecule has 0 bridgehead atoms. The Morgan fingerprint density at radius 1 is 1.35 bits per heavy atom. The average Bonchev–Trinajstić information content (AvgIpc) is 2.99. The van der Waals surface area contributed by atoms with Crippen LogP contribution in [0.15, 0.2) is 0 Å². The Morgan fingerprint density at radius 2 is 2.00 bits per heavy atom. The Kier molecular flexibility index (Phi) is 2.83. The molecule has 0 radical (unpaired) electrons. The van der Waals surface area contributed by atoms with E-state index >= 15 is 0 Å². The third-order valence-electron chi connectivity index (χ3n) is 3.87. The van der Waals surface area contributed by atoms with E-state index in [2.05, 4.69) is 10.1 Å². The van der Waals surface area contributed by atoms with Crippen LogP contribution in [0.5, 0.6) is 0 Å². The number of imidazole rings is 1. The van der Waals surface area contributed by atoms with Crippen LogP contribution >= 0.6 is 11.6 Å². The molecule has 1 saturated carbocycles. The number of halogens is 4. The van der Waals surface area contributed by atoms with E-state index in [-0.39, 0.29) is 18.7 Å². The van der Waals surface area contributed by atoms with Crippen LogP contribution in [-0.2, 0) is 19.0 Å². The van der Waals surface area contributed by atoms with Crippen molar-refractivity contribution in [2.75, 3.05) is 5.88 Å². The van der Waals surface area contributed by atoms with Crippen LogP contribution < -0.4 is 0 Å². The molecule has 20 heavy (non-hydrogen) atoms. The fraction of sp³-hybridized carbons (Fsp3) is 0.667. The fourth-order valence-electron chi connectivity index (χ4n) is 2.77. The second kappa shape index (κ2) is 4.13. The van der Waals surface area contributed by atoms with Gasteiger partial charge in [-0.3, -0.25) is 9.25 Å². The Balaban J connectivity index is 2.30. The van der Waals surface area contributed by atoms with E-state index in [1.807, 2.05) is 0 Å². The van der Waals surface area contributed by atoms with Crippen LogP contribution in [0.25, 0.3) is 11.2 Å². The van der Waals surface area contributed by atoms with Crippen molar-refractivity contribution < 1.29 is 13.2 Å². The smallest absolute Gasteiger partial charge is 0.297 e. The van der Waals surface area contributed by atoms with E-state index in [0.717, 1.165) is 0 Å². The summed E-state index contributed by atoms with van der Waals surface area (Å²) in [7, 11) is 1.64. The molecular weight excluding hydrogens is 293 g/mol. The van der Waals surface area contributed by atoms with Gasteiger partial charge in [-0.25, -0.2) is 4.98 Å². The third-order valence-corrected chi connectivity index (χ3v) is 4.06. The van der Waals surface area contributed by atoms with Gasteiger partial charge in [0.05, 0.1) is 5.69 Å². The van der Waals surface area contributed by atoms with E-state index < -0.39 is 11.7 Å². The number of hydrogen-bond acceptors (Lipinski definition) is 2. The van der Waals surface area contributed by atoms with Gasteiger partial charge in [-0.15, -0.1) is 11.6 Å². The van der Waals surface area contributed by atoms with E-state index in [1.165, 1.54) is 9.25 Å². The molecule has 1 aliphatic rings. The fourth-order valence-corrected chi connectivity index (χ4v) is 2.94. The van der Waals surface area contributed by atoms with Crippen LogP contribution in [0, 0.1) is 6.92 Å². The van der Waals surface area contributed by atoms with E-state index in [4.69, 9.17) is 11.6 Å². The largest absolute Gasteiger partial charge is 0.412 e. The number of aromatic nitrogens is 4. The van der Waals surface area contributed by atoms with Crippen LogP contribution in [-0.4, -0.2) is 31.4 Å². The molecule has 4 nitrogen and oxygen atoms in total. The Hall–Kier alpha value is -1.24. The molecule has 3 rings (SSSR count). The summed E-state index contributed by atoms with van der Waals surface area (Å²) in [5.74, 6) is 0.630. The van der Waals surface area contributed by atoms with Crippen LogP contribution in [0.4, 0.5) is 13.2 Å². The summed E-state index contributed by atoms with van der Waals surface area (Å²) in [5.41, 5.74) is -0.237. The van der Waals surface area contributed by atoms with Crippen LogP contribution in [0.1, 0.15) is 24.4 Å². The first-order valence-corrected chi connectivity index (χ1v) is 6.89. The van der Waals surface area contributed by atoms with Gasteiger partial charge in [-0.05, 0) is 19.8 Å². The molecule has 1 fully saturated rings. The molecule has 110 valence electrons. The minimum atomic E-state index is -4.29. The van der Waals surface area contributed by atoms with Crippen molar-refractivity contribution in [1.29, 1.82) is 0 Å². The van der Waals surface area contributed by atoms with Crippen molar-refractivity contribution in [3.05, 3.63) is 11.5 Å². The summed E-state index contributed by atoms with van der Waals surface area (Å²) in [4.78, 5) is 4.34. The summed E-state index contributed by atoms with van der Waals surface area (Å²) in [6, 6.07) is 0. The van der Waals surface area contributed by atoms with E-state index in [1.54, 1.807) is 14.0 Å². The normalized spacial score (nSPS) is 17.9. The van der Waals surface area contributed by atoms with Crippen molar-refractivity contribution in [2.45, 2.75) is 37.9 Å². The predicted molar refractivity (Wildman–Crippen MR) is 68.9 cm³/mol. The number of aryl methyl sites for hydroxylation is 3. The average molecular weight is 307 g/mol. The summed E-state index contributed by atoms with van der Waals surface area (Å²) >= 11 is 5.71. The lowest BCUT2D eigenvalue weighted by Crippen LogP contribution is -2.36. The van der Waals surface area contributed by atoms with Crippen molar-refractivity contribution >= 4 is 22.8 Å². The number of hydrogen-bond donors (Lipinski definition) is 0. The molecular formula is C12H14ClF3N4. The first-order chi connectivity index (χ1) is 9.32. The minimum Gasteiger partial charge on any atom is -0.297 e. The molecule has 0 aliphatic heterocycles. The SMILES string of the molecule is Cc1nn(C)c2c1nc(CCCl)n2C1(C(F)(F)F)CC1. The zero-order chi connectivity index (χ0) is 14.7. The monoisotopic (exact) mass is 306 g/mol. The first kappa shape index (κ1) is 13.7. The molecule has 0 saturated heterocycles. The highest BCUT2D eigenvalue weighted by Gasteiger charge is 2.66. The van der Waals surface area contributed by atoms with Crippen LogP contribution in [0.2, 0.25) is 0 Å². The quantitative estimate of drug-likeness (QED) is 0.817. The molecule has 2 heterocycles. The van der Waals surface area contributed by atoms with Gasteiger partial charge < -0.3 is 0 Å². The molecule has 8 heteroatoms. The molecule has 2 aromatic heterocycles. The standard InChI is InChI=1S/C12H14ClF3N4/c1-7-9-10(19(2)18-7)20(8(17-9)3-6-13)11(4-5-11)12(14,15)16/h3-6H2,1-2H3. The highest BCUT2D eigenvalue weighted by molar-refractivity contribution is 6.17. The second-order valence-electron chi connectivity index (χ2n) is 5.21. The number of fused-ring (bicyclic) bond motifs is 1. The number of nitrogens with zero attached hydrogens (tertiary/aromatic N) is 4. The molecule has 1 aliphatic carbocycles. The molecule has 2 aromatic rings. The predicted octanol–water partition coefficient (Wildman–Crippen LogP) is 2.91. The Labute approximate surface area is 118 Å². The maximum atomic E-state index is 13.4. The summed E-state index contributed by atoms with van der Waals surface area (Å²) < 4.78 is 43.1. The maximum Gasteiger partial charge on any atom is 0.412 e. The summed E-state index contributed by atoms with van der Waals surface area (Å²) in [6.45, 7) is 1.75. The van der Waals surface area contributed by atoms with Gasteiger partial charge in [0.15, 0.2) is 5.65 Å². The molecule has 0 atom stereocenters. The van der Waals surface area contributed by atoms with Crippen molar-refractivity contribution in [2.24, 2.45) is 7.05 Å². The summed E-state index contributed by atoms with van der Waals surface area (Å²) in [5, 5.41) is 4.17.